The number of hydrogen-bond acceptors (Lipinski definition) is 2. The molecule has 0 aliphatic rings. The summed E-state index contributed by atoms with van der Waals surface area (Å²) < 4.78 is 0.947. The highest BCUT2D eigenvalue weighted by Gasteiger charge is 2.06. The van der Waals surface area contributed by atoms with E-state index < -0.39 is 0 Å². The summed E-state index contributed by atoms with van der Waals surface area (Å²) in [4.78, 5) is 12.0. The van der Waals surface area contributed by atoms with Crippen molar-refractivity contribution in [2.75, 3.05) is 5.32 Å². The van der Waals surface area contributed by atoms with Crippen LogP contribution in [0.1, 0.15) is 10.4 Å². The average Bonchev–Trinajstić information content (AvgIpc) is 2.87. The van der Waals surface area contributed by atoms with Crippen molar-refractivity contribution < 1.29 is 4.79 Å². The molecule has 0 spiro atoms. The number of carbonyl (C=O) groups excluding carboxylic acids is 1. The largest absolute Gasteiger partial charge is 0.322 e. The van der Waals surface area contributed by atoms with E-state index in [1.54, 1.807) is 18.3 Å². The van der Waals surface area contributed by atoms with Gasteiger partial charge in [-0.3, -0.25) is 9.89 Å². The number of fused-ring (bicyclic) bond motifs is 1. The highest BCUT2D eigenvalue weighted by Crippen LogP contribution is 2.18. The molecule has 2 N–H and O–H groups in total. The van der Waals surface area contributed by atoms with Crippen LogP contribution in [0.15, 0.2) is 53.1 Å². The Bertz CT molecular complexity index is 734. The molecular formula is C14H10BrN3O. The summed E-state index contributed by atoms with van der Waals surface area (Å²) in [6.45, 7) is 0. The Morgan fingerprint density at radius 3 is 2.74 bits per heavy atom. The normalized spacial score (nSPS) is 10.6. The topological polar surface area (TPSA) is 57.8 Å². The summed E-state index contributed by atoms with van der Waals surface area (Å²) >= 11 is 3.34. The Morgan fingerprint density at radius 1 is 1.16 bits per heavy atom. The maximum Gasteiger partial charge on any atom is 0.255 e. The molecule has 0 saturated carbocycles. The molecule has 0 bridgehead atoms. The zero-order valence-electron chi connectivity index (χ0n) is 9.85. The molecule has 0 fully saturated rings. The van der Waals surface area contributed by atoms with Gasteiger partial charge in [-0.05, 0) is 42.5 Å². The third-order valence-electron chi connectivity index (χ3n) is 2.81. The predicted molar refractivity (Wildman–Crippen MR) is 78.2 cm³/mol. The first-order chi connectivity index (χ1) is 9.22. The molecule has 1 aromatic heterocycles. The molecule has 0 radical (unpaired) electrons. The molecular weight excluding hydrogens is 306 g/mol. The first-order valence-corrected chi connectivity index (χ1v) is 6.52. The number of anilines is 1. The number of rotatable bonds is 2. The molecule has 0 saturated heterocycles. The van der Waals surface area contributed by atoms with Crippen molar-refractivity contribution in [2.24, 2.45) is 0 Å². The Balaban J connectivity index is 1.83. The number of hydrogen-bond donors (Lipinski definition) is 2. The number of carbonyl (C=O) groups is 1. The molecule has 3 rings (SSSR count). The molecule has 19 heavy (non-hydrogen) atoms. The third-order valence-corrected chi connectivity index (χ3v) is 3.33. The number of benzene rings is 2. The van der Waals surface area contributed by atoms with Gasteiger partial charge in [-0.2, -0.15) is 5.10 Å². The van der Waals surface area contributed by atoms with E-state index in [0.29, 0.717) is 5.56 Å². The van der Waals surface area contributed by atoms with Gasteiger partial charge in [-0.15, -0.1) is 0 Å². The van der Waals surface area contributed by atoms with Gasteiger partial charge >= 0.3 is 0 Å². The lowest BCUT2D eigenvalue weighted by molar-refractivity contribution is 0.102. The lowest BCUT2D eigenvalue weighted by Gasteiger charge is -2.05. The number of nitrogens with one attached hydrogen (secondary N) is 2. The number of halogens is 1. The molecule has 2 aromatic carbocycles. The number of H-pyrrole nitrogens is 1. The highest BCUT2D eigenvalue weighted by molar-refractivity contribution is 9.10. The fourth-order valence-corrected chi connectivity index (χ4v) is 2.08. The summed E-state index contributed by atoms with van der Waals surface area (Å²) in [5.41, 5.74) is 2.26. The van der Waals surface area contributed by atoms with Crippen LogP contribution in [0, 0.1) is 0 Å². The van der Waals surface area contributed by atoms with Gasteiger partial charge in [0.05, 0.1) is 11.7 Å². The summed E-state index contributed by atoms with van der Waals surface area (Å²) in [6, 6.07) is 12.9. The van der Waals surface area contributed by atoms with Gasteiger partial charge in [0, 0.05) is 21.1 Å². The van der Waals surface area contributed by atoms with Crippen LogP contribution in [0.2, 0.25) is 0 Å². The maximum atomic E-state index is 12.0. The first-order valence-electron chi connectivity index (χ1n) is 5.72. The zero-order valence-corrected chi connectivity index (χ0v) is 11.4. The van der Waals surface area contributed by atoms with E-state index in [0.717, 1.165) is 21.1 Å². The Labute approximate surface area is 118 Å². The molecule has 0 aliphatic carbocycles. The lowest BCUT2D eigenvalue weighted by atomic mass is 10.2. The van der Waals surface area contributed by atoms with Crippen molar-refractivity contribution in [1.29, 1.82) is 0 Å². The van der Waals surface area contributed by atoms with Gasteiger partial charge in [0.2, 0.25) is 0 Å². The van der Waals surface area contributed by atoms with Crippen molar-refractivity contribution in [1.82, 2.24) is 10.2 Å². The van der Waals surface area contributed by atoms with Crippen molar-refractivity contribution in [3.8, 4) is 0 Å². The van der Waals surface area contributed by atoms with Crippen LogP contribution < -0.4 is 5.32 Å². The van der Waals surface area contributed by atoms with E-state index in [9.17, 15) is 4.79 Å². The van der Waals surface area contributed by atoms with E-state index in [-0.39, 0.29) is 5.91 Å². The summed E-state index contributed by atoms with van der Waals surface area (Å²) in [7, 11) is 0. The van der Waals surface area contributed by atoms with Crippen LogP contribution in [0.5, 0.6) is 0 Å². The van der Waals surface area contributed by atoms with Crippen LogP contribution in [-0.4, -0.2) is 16.1 Å². The van der Waals surface area contributed by atoms with Crippen LogP contribution in [0.4, 0.5) is 5.69 Å². The lowest BCUT2D eigenvalue weighted by Crippen LogP contribution is -2.11. The zero-order chi connectivity index (χ0) is 13.2. The molecule has 0 atom stereocenters. The molecule has 0 aliphatic heterocycles. The molecule has 1 amide bonds. The van der Waals surface area contributed by atoms with E-state index in [2.05, 4.69) is 31.4 Å². The van der Waals surface area contributed by atoms with Crippen molar-refractivity contribution in [3.63, 3.8) is 0 Å². The smallest absolute Gasteiger partial charge is 0.255 e. The predicted octanol–water partition coefficient (Wildman–Crippen LogP) is 3.58. The van der Waals surface area contributed by atoms with Gasteiger partial charge < -0.3 is 5.32 Å². The van der Waals surface area contributed by atoms with Gasteiger partial charge in [0.1, 0.15) is 0 Å². The molecule has 4 nitrogen and oxygen atoms in total. The van der Waals surface area contributed by atoms with E-state index in [1.807, 2.05) is 30.3 Å². The van der Waals surface area contributed by atoms with Crippen molar-refractivity contribution in [2.45, 2.75) is 0 Å². The minimum Gasteiger partial charge on any atom is -0.322 e. The van der Waals surface area contributed by atoms with Crippen LogP contribution in [-0.2, 0) is 0 Å². The number of aromatic nitrogens is 2. The SMILES string of the molecule is O=C(Nc1ccc2cn[nH]c2c1)c1ccc(Br)cc1. The monoisotopic (exact) mass is 315 g/mol. The van der Waals surface area contributed by atoms with Crippen LogP contribution in [0.3, 0.4) is 0 Å². The second-order valence-corrected chi connectivity index (χ2v) is 5.05. The summed E-state index contributed by atoms with van der Waals surface area (Å²) in [6.07, 6.45) is 1.75. The van der Waals surface area contributed by atoms with Gasteiger partial charge in [-0.25, -0.2) is 0 Å². The summed E-state index contributed by atoms with van der Waals surface area (Å²) in [5.74, 6) is -0.133. The summed E-state index contributed by atoms with van der Waals surface area (Å²) in [5, 5.41) is 10.7. The minimum atomic E-state index is -0.133. The quantitative estimate of drug-likeness (QED) is 0.759. The first kappa shape index (κ1) is 11.9. The van der Waals surface area contributed by atoms with Gasteiger partial charge in [-0.1, -0.05) is 15.9 Å². The number of nitrogens with zero attached hydrogens (tertiary/aromatic N) is 1. The fourth-order valence-electron chi connectivity index (χ4n) is 1.82. The third kappa shape index (κ3) is 2.51. The standard InChI is InChI=1S/C14H10BrN3O/c15-11-4-1-9(2-5-11)14(19)17-12-6-3-10-8-16-18-13(10)7-12/h1-8H,(H,16,18)(H,17,19). The Hall–Kier alpha value is -2.14. The molecule has 0 unspecified atom stereocenters. The van der Waals surface area contributed by atoms with Gasteiger partial charge in [0.15, 0.2) is 0 Å². The molecule has 1 heterocycles. The number of aromatic amines is 1. The Kier molecular flexibility index (Phi) is 3.05. The maximum absolute atomic E-state index is 12.0. The van der Waals surface area contributed by atoms with Crippen LogP contribution >= 0.6 is 15.9 Å². The van der Waals surface area contributed by atoms with E-state index >= 15 is 0 Å². The second-order valence-electron chi connectivity index (χ2n) is 4.13. The van der Waals surface area contributed by atoms with E-state index in [1.165, 1.54) is 0 Å². The van der Waals surface area contributed by atoms with Gasteiger partial charge in [0.25, 0.3) is 5.91 Å². The highest BCUT2D eigenvalue weighted by atomic mass is 79.9. The molecule has 94 valence electrons. The Morgan fingerprint density at radius 2 is 1.95 bits per heavy atom. The molecule has 5 heteroatoms. The number of amides is 1. The fraction of sp³-hybridized carbons (Fsp3) is 0. The second kappa shape index (κ2) is 4.85. The molecule has 3 aromatic rings. The van der Waals surface area contributed by atoms with E-state index in [4.69, 9.17) is 0 Å². The van der Waals surface area contributed by atoms with Crippen molar-refractivity contribution >= 4 is 38.4 Å². The minimum absolute atomic E-state index is 0.133. The average molecular weight is 316 g/mol. The van der Waals surface area contributed by atoms with Crippen LogP contribution in [0.25, 0.3) is 10.9 Å². The van der Waals surface area contributed by atoms with Crippen molar-refractivity contribution in [3.05, 3.63) is 58.7 Å².